The fourth-order valence-electron chi connectivity index (χ4n) is 4.16. The third-order valence-electron chi connectivity index (χ3n) is 6.00. The molecule has 0 spiro atoms. The molecule has 0 bridgehead atoms. The fourth-order valence-corrected chi connectivity index (χ4v) is 4.16. The topological polar surface area (TPSA) is 132 Å². The van der Waals surface area contributed by atoms with Crippen molar-refractivity contribution in [3.63, 3.8) is 0 Å². The number of amides is 3. The van der Waals surface area contributed by atoms with Crippen molar-refractivity contribution in [1.29, 1.82) is 0 Å². The summed E-state index contributed by atoms with van der Waals surface area (Å²) in [7, 11) is 0. The molecule has 0 aliphatic carbocycles. The summed E-state index contributed by atoms with van der Waals surface area (Å²) in [5, 5.41) is 5.44. The van der Waals surface area contributed by atoms with E-state index >= 15 is 0 Å². The number of rotatable bonds is 12. The highest BCUT2D eigenvalue weighted by atomic mass is 16.6. The molecular formula is C30H47N3O8. The third-order valence-corrected chi connectivity index (χ3v) is 6.00. The van der Waals surface area contributed by atoms with E-state index in [1.54, 1.807) is 46.4 Å². The van der Waals surface area contributed by atoms with Gasteiger partial charge in [-0.25, -0.2) is 14.4 Å². The van der Waals surface area contributed by atoms with Crippen molar-refractivity contribution in [2.45, 2.75) is 104 Å². The Hall–Kier alpha value is -3.34. The maximum atomic E-state index is 13.4. The number of nitrogens with zero attached hydrogens (tertiary/aromatic N) is 1. The van der Waals surface area contributed by atoms with Gasteiger partial charge >= 0.3 is 18.2 Å². The minimum atomic E-state index is -0.779. The van der Waals surface area contributed by atoms with Gasteiger partial charge in [-0.2, -0.15) is 0 Å². The van der Waals surface area contributed by atoms with Gasteiger partial charge in [0.05, 0.1) is 6.10 Å². The molecule has 1 aromatic rings. The lowest BCUT2D eigenvalue weighted by molar-refractivity contribution is -0.163. The Kier molecular flexibility index (Phi) is 13.4. The molecule has 3 amide bonds. The number of esters is 1. The van der Waals surface area contributed by atoms with E-state index in [2.05, 4.69) is 10.6 Å². The van der Waals surface area contributed by atoms with Crippen LogP contribution < -0.4 is 10.6 Å². The maximum Gasteiger partial charge on any atom is 0.408 e. The van der Waals surface area contributed by atoms with Gasteiger partial charge in [-0.3, -0.25) is 4.79 Å². The first-order valence-corrected chi connectivity index (χ1v) is 14.3. The van der Waals surface area contributed by atoms with E-state index in [-0.39, 0.29) is 25.2 Å². The Labute approximate surface area is 243 Å². The van der Waals surface area contributed by atoms with Crippen LogP contribution in [0.3, 0.4) is 0 Å². The van der Waals surface area contributed by atoms with E-state index in [1.807, 2.05) is 30.3 Å². The Bertz CT molecular complexity index is 980. The van der Waals surface area contributed by atoms with Crippen LogP contribution in [0.1, 0.15) is 79.2 Å². The lowest BCUT2D eigenvalue weighted by Gasteiger charge is -2.34. The molecule has 2 N–H and O–H groups in total. The molecule has 1 aliphatic heterocycles. The number of carbonyl (C=O) groups excluding carboxylic acids is 4. The molecule has 230 valence electrons. The van der Waals surface area contributed by atoms with Gasteiger partial charge < -0.3 is 34.5 Å². The number of hydrogen-bond acceptors (Lipinski definition) is 8. The van der Waals surface area contributed by atoms with E-state index in [0.29, 0.717) is 51.7 Å². The van der Waals surface area contributed by atoms with Gasteiger partial charge in [0.2, 0.25) is 5.91 Å². The van der Waals surface area contributed by atoms with Crippen molar-refractivity contribution in [3.8, 4) is 0 Å². The van der Waals surface area contributed by atoms with Crippen molar-refractivity contribution in [2.75, 3.05) is 26.2 Å². The molecule has 0 unspecified atom stereocenters. The molecule has 41 heavy (non-hydrogen) atoms. The number of nitrogens with one attached hydrogen (secondary N) is 2. The maximum absolute atomic E-state index is 13.4. The van der Waals surface area contributed by atoms with Gasteiger partial charge in [-0.15, -0.1) is 0 Å². The second kappa shape index (κ2) is 16.2. The van der Waals surface area contributed by atoms with Crippen molar-refractivity contribution in [1.82, 2.24) is 15.5 Å². The highest BCUT2D eigenvalue weighted by Gasteiger charge is 2.30. The van der Waals surface area contributed by atoms with Crippen LogP contribution in [-0.4, -0.2) is 78.6 Å². The monoisotopic (exact) mass is 577 g/mol. The van der Waals surface area contributed by atoms with Crippen molar-refractivity contribution < 1.29 is 38.1 Å². The Morgan fingerprint density at radius 3 is 2.15 bits per heavy atom. The summed E-state index contributed by atoms with van der Waals surface area (Å²) in [5.41, 5.74) is -0.321. The molecule has 11 nitrogen and oxygen atoms in total. The standard InChI is InChI=1S/C30H47N3O8/c1-29(2,3)40-25(34)21-38-23-15-18-33(19-16-23)26(35)24(14-10-11-17-31-27(36)41-30(4,5)6)32-28(37)39-20-22-12-8-7-9-13-22/h7-9,12-13,23-24H,10-11,14-21H2,1-6H3,(H,31,36)(H,32,37)/t24-/m0/s1. The molecule has 2 rings (SSSR count). The van der Waals surface area contributed by atoms with Gasteiger partial charge in [-0.05, 0) is 79.2 Å². The van der Waals surface area contributed by atoms with Gasteiger partial charge in [0.1, 0.15) is 30.5 Å². The first-order valence-electron chi connectivity index (χ1n) is 14.3. The number of unbranched alkanes of at least 4 members (excludes halogenated alkanes) is 1. The predicted molar refractivity (Wildman–Crippen MR) is 153 cm³/mol. The molecule has 0 saturated carbocycles. The Balaban J connectivity index is 1.86. The van der Waals surface area contributed by atoms with Crippen LogP contribution in [0.2, 0.25) is 0 Å². The zero-order chi connectivity index (χ0) is 30.5. The van der Waals surface area contributed by atoms with E-state index in [1.165, 1.54) is 0 Å². The predicted octanol–water partition coefficient (Wildman–Crippen LogP) is 4.33. The Morgan fingerprint density at radius 1 is 0.902 bits per heavy atom. The van der Waals surface area contributed by atoms with E-state index in [4.69, 9.17) is 18.9 Å². The molecule has 1 saturated heterocycles. The average Bonchev–Trinajstić information content (AvgIpc) is 2.88. The highest BCUT2D eigenvalue weighted by Crippen LogP contribution is 2.17. The molecule has 1 fully saturated rings. The average molecular weight is 578 g/mol. The first kappa shape index (κ1) is 33.9. The van der Waals surface area contributed by atoms with Gasteiger partial charge in [0, 0.05) is 19.6 Å². The highest BCUT2D eigenvalue weighted by molar-refractivity contribution is 5.85. The molecule has 0 radical (unpaired) electrons. The van der Waals surface area contributed by atoms with Gasteiger partial charge in [-0.1, -0.05) is 30.3 Å². The summed E-state index contributed by atoms with van der Waals surface area (Å²) < 4.78 is 21.6. The number of hydrogen-bond donors (Lipinski definition) is 2. The molecular weight excluding hydrogens is 530 g/mol. The number of alkyl carbamates (subject to hydrolysis) is 2. The SMILES string of the molecule is CC(C)(C)OC(=O)COC1CCN(C(=O)[C@H](CCCCNC(=O)OC(C)(C)C)NC(=O)OCc2ccccc2)CC1. The molecule has 1 aliphatic rings. The van der Waals surface area contributed by atoms with Crippen LogP contribution in [0, 0.1) is 0 Å². The summed E-state index contributed by atoms with van der Waals surface area (Å²) in [4.78, 5) is 51.5. The van der Waals surface area contributed by atoms with E-state index < -0.39 is 35.4 Å². The summed E-state index contributed by atoms with van der Waals surface area (Å²) in [6.07, 6.45) is 1.38. The van der Waals surface area contributed by atoms with Crippen LogP contribution in [-0.2, 0) is 35.1 Å². The van der Waals surface area contributed by atoms with Crippen molar-refractivity contribution in [3.05, 3.63) is 35.9 Å². The number of carbonyl (C=O) groups is 4. The number of ether oxygens (including phenoxy) is 4. The van der Waals surface area contributed by atoms with Gasteiger partial charge in [0.25, 0.3) is 0 Å². The summed E-state index contributed by atoms with van der Waals surface area (Å²) >= 11 is 0. The van der Waals surface area contributed by atoms with Crippen molar-refractivity contribution in [2.24, 2.45) is 0 Å². The number of piperidine rings is 1. The van der Waals surface area contributed by atoms with Crippen LogP contribution in [0.15, 0.2) is 30.3 Å². The smallest absolute Gasteiger partial charge is 0.408 e. The normalized spacial score (nSPS) is 15.0. The summed E-state index contributed by atoms with van der Waals surface area (Å²) in [6.45, 7) is 12.0. The number of benzene rings is 1. The molecule has 1 aromatic carbocycles. The van der Waals surface area contributed by atoms with Gasteiger partial charge in [0.15, 0.2) is 0 Å². The van der Waals surface area contributed by atoms with Crippen LogP contribution in [0.25, 0.3) is 0 Å². The zero-order valence-corrected chi connectivity index (χ0v) is 25.3. The van der Waals surface area contributed by atoms with Crippen LogP contribution in [0.4, 0.5) is 9.59 Å². The second-order valence-electron chi connectivity index (χ2n) is 12.1. The third kappa shape index (κ3) is 14.7. The minimum Gasteiger partial charge on any atom is -0.458 e. The zero-order valence-electron chi connectivity index (χ0n) is 25.3. The molecule has 11 heteroatoms. The molecule has 1 atom stereocenters. The number of likely N-dealkylation sites (tertiary alicyclic amines) is 1. The lowest BCUT2D eigenvalue weighted by Crippen LogP contribution is -2.51. The fraction of sp³-hybridized carbons (Fsp3) is 0.667. The molecule has 1 heterocycles. The first-order chi connectivity index (χ1) is 19.2. The van der Waals surface area contributed by atoms with Crippen LogP contribution in [0.5, 0.6) is 0 Å². The van der Waals surface area contributed by atoms with Crippen LogP contribution >= 0.6 is 0 Å². The summed E-state index contributed by atoms with van der Waals surface area (Å²) in [5.74, 6) is -0.622. The Morgan fingerprint density at radius 2 is 1.54 bits per heavy atom. The van der Waals surface area contributed by atoms with Crippen molar-refractivity contribution >= 4 is 24.1 Å². The van der Waals surface area contributed by atoms with E-state index in [9.17, 15) is 19.2 Å². The second-order valence-corrected chi connectivity index (χ2v) is 12.1. The summed E-state index contributed by atoms with van der Waals surface area (Å²) in [6, 6.07) is 8.51. The van der Waals surface area contributed by atoms with E-state index in [0.717, 1.165) is 5.56 Å². The minimum absolute atomic E-state index is 0.0910. The lowest BCUT2D eigenvalue weighted by atomic mass is 10.0. The quantitative estimate of drug-likeness (QED) is 0.213. The molecule has 0 aromatic heterocycles. The largest absolute Gasteiger partial charge is 0.458 e.